The van der Waals surface area contributed by atoms with Crippen molar-refractivity contribution in [2.45, 2.75) is 20.3 Å². The highest BCUT2D eigenvalue weighted by atomic mass is 16.5. The molecule has 1 aliphatic rings. The second kappa shape index (κ2) is 6.76. The predicted molar refractivity (Wildman–Crippen MR) is 92.8 cm³/mol. The summed E-state index contributed by atoms with van der Waals surface area (Å²) < 4.78 is 5.71. The van der Waals surface area contributed by atoms with Crippen LogP contribution in [-0.4, -0.2) is 17.7 Å². The topological polar surface area (TPSA) is 84.5 Å². The number of ether oxygens (including phenoxy) is 1. The average Bonchev–Trinajstić information content (AvgIpc) is 2.89. The Bertz CT molecular complexity index is 843. The van der Waals surface area contributed by atoms with Crippen LogP contribution in [0.3, 0.4) is 0 Å². The van der Waals surface area contributed by atoms with Crippen molar-refractivity contribution in [1.29, 1.82) is 0 Å². The van der Waals surface area contributed by atoms with Gasteiger partial charge < -0.3 is 10.1 Å². The van der Waals surface area contributed by atoms with Crippen LogP contribution < -0.4 is 15.4 Å². The molecule has 0 fully saturated rings. The Labute approximate surface area is 145 Å². The summed E-state index contributed by atoms with van der Waals surface area (Å²) in [4.78, 5) is 35.1. The molecule has 0 radical (unpaired) electrons. The molecule has 0 bridgehead atoms. The van der Waals surface area contributed by atoms with Crippen LogP contribution in [-0.2, 0) is 4.79 Å². The number of benzene rings is 2. The highest BCUT2D eigenvalue weighted by Gasteiger charge is 2.26. The maximum atomic E-state index is 11.9. The van der Waals surface area contributed by atoms with Gasteiger partial charge in [-0.3, -0.25) is 19.7 Å². The number of carbonyl (C=O) groups excluding carboxylic acids is 3. The molecular weight excluding hydrogens is 320 g/mol. The number of hydrogen-bond acceptors (Lipinski definition) is 4. The molecule has 0 saturated carbocycles. The molecule has 0 aromatic heterocycles. The first-order valence-corrected chi connectivity index (χ1v) is 8.06. The molecular formula is C19H18N2O4. The third kappa shape index (κ3) is 3.52. The van der Waals surface area contributed by atoms with Crippen LogP contribution in [0.25, 0.3) is 0 Å². The van der Waals surface area contributed by atoms with Crippen molar-refractivity contribution in [3.8, 4) is 11.5 Å². The van der Waals surface area contributed by atoms with Gasteiger partial charge in [-0.2, -0.15) is 0 Å². The molecule has 1 heterocycles. The second-order valence-corrected chi connectivity index (χ2v) is 5.92. The maximum absolute atomic E-state index is 11.9. The van der Waals surface area contributed by atoms with Gasteiger partial charge in [-0.05, 0) is 48.9 Å². The molecule has 0 aliphatic carbocycles. The number of anilines is 1. The molecule has 3 rings (SSSR count). The number of nitrogens with one attached hydrogen (secondary N) is 2. The van der Waals surface area contributed by atoms with E-state index in [9.17, 15) is 14.4 Å². The molecule has 0 saturated heterocycles. The number of imide groups is 1. The molecule has 6 nitrogen and oxygen atoms in total. The van der Waals surface area contributed by atoms with Crippen LogP contribution >= 0.6 is 0 Å². The zero-order chi connectivity index (χ0) is 18.0. The van der Waals surface area contributed by atoms with Gasteiger partial charge >= 0.3 is 0 Å². The molecule has 1 unspecified atom stereocenters. The van der Waals surface area contributed by atoms with Crippen molar-refractivity contribution >= 4 is 23.4 Å². The van der Waals surface area contributed by atoms with E-state index in [1.807, 2.05) is 13.8 Å². The molecule has 2 aromatic carbocycles. The fourth-order valence-corrected chi connectivity index (χ4v) is 2.40. The Morgan fingerprint density at radius 1 is 1.04 bits per heavy atom. The smallest absolute Gasteiger partial charge is 0.259 e. The van der Waals surface area contributed by atoms with Gasteiger partial charge in [0, 0.05) is 11.6 Å². The number of amides is 3. The van der Waals surface area contributed by atoms with Gasteiger partial charge in [-0.1, -0.05) is 13.8 Å². The van der Waals surface area contributed by atoms with Crippen molar-refractivity contribution < 1.29 is 19.1 Å². The Hall–Kier alpha value is -3.15. The van der Waals surface area contributed by atoms with Gasteiger partial charge in [0.05, 0.1) is 11.1 Å². The van der Waals surface area contributed by atoms with Crippen LogP contribution in [0.5, 0.6) is 11.5 Å². The van der Waals surface area contributed by atoms with E-state index < -0.39 is 11.8 Å². The molecule has 3 amide bonds. The maximum Gasteiger partial charge on any atom is 0.259 e. The largest absolute Gasteiger partial charge is 0.457 e. The van der Waals surface area contributed by atoms with Crippen LogP contribution in [0, 0.1) is 5.92 Å². The van der Waals surface area contributed by atoms with Crippen LogP contribution in [0.2, 0.25) is 0 Å². The molecule has 2 aromatic rings. The molecule has 6 heteroatoms. The summed E-state index contributed by atoms with van der Waals surface area (Å²) in [7, 11) is 0. The Balaban J connectivity index is 1.70. The van der Waals surface area contributed by atoms with E-state index >= 15 is 0 Å². The minimum absolute atomic E-state index is 0.0227. The monoisotopic (exact) mass is 338 g/mol. The van der Waals surface area contributed by atoms with Gasteiger partial charge in [0.2, 0.25) is 5.91 Å². The molecule has 128 valence electrons. The summed E-state index contributed by atoms with van der Waals surface area (Å²) in [5.41, 5.74) is 1.34. The highest BCUT2D eigenvalue weighted by molar-refractivity contribution is 6.21. The summed E-state index contributed by atoms with van der Waals surface area (Å²) in [6, 6.07) is 11.7. The minimum Gasteiger partial charge on any atom is -0.457 e. The summed E-state index contributed by atoms with van der Waals surface area (Å²) in [5, 5.41) is 5.08. The fraction of sp³-hybridized carbons (Fsp3) is 0.211. The average molecular weight is 338 g/mol. The third-order valence-corrected chi connectivity index (χ3v) is 4.12. The number of fused-ring (bicyclic) bond motifs is 1. The molecule has 25 heavy (non-hydrogen) atoms. The summed E-state index contributed by atoms with van der Waals surface area (Å²) in [6.45, 7) is 3.84. The van der Waals surface area contributed by atoms with Gasteiger partial charge in [0.25, 0.3) is 11.8 Å². The molecule has 1 atom stereocenters. The molecule has 2 N–H and O–H groups in total. The lowest BCUT2D eigenvalue weighted by Gasteiger charge is -2.11. The zero-order valence-electron chi connectivity index (χ0n) is 14.0. The van der Waals surface area contributed by atoms with E-state index in [4.69, 9.17) is 4.74 Å². The minimum atomic E-state index is -0.423. The van der Waals surface area contributed by atoms with Crippen molar-refractivity contribution in [3.05, 3.63) is 53.6 Å². The lowest BCUT2D eigenvalue weighted by molar-refractivity contribution is -0.119. The van der Waals surface area contributed by atoms with Crippen LogP contribution in [0.15, 0.2) is 42.5 Å². The van der Waals surface area contributed by atoms with Crippen molar-refractivity contribution in [2.75, 3.05) is 5.32 Å². The highest BCUT2D eigenvalue weighted by Crippen LogP contribution is 2.27. The summed E-state index contributed by atoms with van der Waals surface area (Å²) in [6.07, 6.45) is 0.779. The Morgan fingerprint density at radius 3 is 2.36 bits per heavy atom. The van der Waals surface area contributed by atoms with Crippen molar-refractivity contribution in [1.82, 2.24) is 5.32 Å². The van der Waals surface area contributed by atoms with E-state index in [1.165, 1.54) is 6.07 Å². The zero-order valence-corrected chi connectivity index (χ0v) is 14.0. The van der Waals surface area contributed by atoms with Gasteiger partial charge in [0.15, 0.2) is 0 Å². The van der Waals surface area contributed by atoms with Crippen LogP contribution in [0.4, 0.5) is 5.69 Å². The quantitative estimate of drug-likeness (QED) is 0.819. The van der Waals surface area contributed by atoms with E-state index in [1.54, 1.807) is 36.4 Å². The second-order valence-electron chi connectivity index (χ2n) is 5.92. The predicted octanol–water partition coefficient (Wildman–Crippen LogP) is 3.35. The Morgan fingerprint density at radius 2 is 1.68 bits per heavy atom. The lowest BCUT2D eigenvalue weighted by atomic mass is 10.1. The fourth-order valence-electron chi connectivity index (χ4n) is 2.40. The normalized spacial score (nSPS) is 13.8. The Kier molecular flexibility index (Phi) is 4.52. The van der Waals surface area contributed by atoms with Crippen molar-refractivity contribution in [3.63, 3.8) is 0 Å². The number of hydrogen-bond donors (Lipinski definition) is 2. The van der Waals surface area contributed by atoms with Gasteiger partial charge in [0.1, 0.15) is 11.5 Å². The van der Waals surface area contributed by atoms with Crippen molar-refractivity contribution in [2.24, 2.45) is 5.92 Å². The van der Waals surface area contributed by atoms with E-state index in [-0.39, 0.29) is 11.8 Å². The van der Waals surface area contributed by atoms with Crippen LogP contribution in [0.1, 0.15) is 41.0 Å². The first-order valence-electron chi connectivity index (χ1n) is 8.06. The molecule has 0 spiro atoms. The first kappa shape index (κ1) is 16.7. The SMILES string of the molecule is CCC(C)C(=O)Nc1ccc(Oc2ccc3c(c2)C(=O)NC3=O)cc1. The van der Waals surface area contributed by atoms with Gasteiger partial charge in [-0.25, -0.2) is 0 Å². The third-order valence-electron chi connectivity index (χ3n) is 4.12. The number of carbonyl (C=O) groups is 3. The van der Waals surface area contributed by atoms with Gasteiger partial charge in [-0.15, -0.1) is 0 Å². The first-order chi connectivity index (χ1) is 12.0. The van der Waals surface area contributed by atoms with E-state index in [2.05, 4.69) is 10.6 Å². The summed E-state index contributed by atoms with van der Waals surface area (Å²) >= 11 is 0. The summed E-state index contributed by atoms with van der Waals surface area (Å²) in [5.74, 6) is 0.134. The standard InChI is InChI=1S/C19H18N2O4/c1-3-11(2)17(22)20-12-4-6-13(7-5-12)25-14-8-9-15-16(10-14)19(24)21-18(15)23/h4-11H,3H2,1-2H3,(H,20,22)(H,21,23,24). The number of rotatable bonds is 5. The lowest BCUT2D eigenvalue weighted by Crippen LogP contribution is -2.19. The molecule has 1 aliphatic heterocycles. The van der Waals surface area contributed by atoms with E-state index in [0.717, 1.165) is 6.42 Å². The van der Waals surface area contributed by atoms with E-state index in [0.29, 0.717) is 28.3 Å².